The number of esters is 2. The van der Waals surface area contributed by atoms with Gasteiger partial charge in [0.25, 0.3) is 0 Å². The highest BCUT2D eigenvalue weighted by atomic mass is 32.2. The van der Waals surface area contributed by atoms with Gasteiger partial charge in [0.2, 0.25) is 6.79 Å². The number of methoxy groups -OCH3 is 1. The van der Waals surface area contributed by atoms with Crippen molar-refractivity contribution in [3.05, 3.63) is 74.2 Å². The zero-order chi connectivity index (χ0) is 37.4. The maximum absolute atomic E-state index is 14.8. The Hall–Kier alpha value is -4.67. The first-order valence-electron chi connectivity index (χ1n) is 18.0. The van der Waals surface area contributed by atoms with Crippen molar-refractivity contribution in [2.24, 2.45) is 0 Å². The summed E-state index contributed by atoms with van der Waals surface area (Å²) < 4.78 is 30.4. The lowest BCUT2D eigenvalue weighted by Crippen LogP contribution is -2.66. The summed E-state index contributed by atoms with van der Waals surface area (Å²) >= 11 is 1.46. The summed E-state index contributed by atoms with van der Waals surface area (Å²) in [7, 11) is 1.51. The van der Waals surface area contributed by atoms with Gasteiger partial charge in [0.15, 0.2) is 28.5 Å². The summed E-state index contributed by atoms with van der Waals surface area (Å²) in [5.41, 5.74) is 3.36. The van der Waals surface area contributed by atoms with Gasteiger partial charge in [0.1, 0.15) is 23.8 Å². The number of piperazine rings is 1. The van der Waals surface area contributed by atoms with Crippen LogP contribution >= 0.6 is 11.8 Å². The number of carbonyl (C=O) groups is 2. The van der Waals surface area contributed by atoms with E-state index in [1.165, 1.54) is 25.8 Å². The minimum atomic E-state index is -1.57. The predicted octanol–water partition coefficient (Wildman–Crippen LogP) is 4.33. The average Bonchev–Trinajstić information content (AvgIpc) is 3.72. The van der Waals surface area contributed by atoms with Gasteiger partial charge in [0, 0.05) is 64.5 Å². The largest absolute Gasteiger partial charge is 0.651 e. The van der Waals surface area contributed by atoms with Gasteiger partial charge in [-0.1, -0.05) is 12.1 Å². The molecule has 15 heteroatoms. The van der Waals surface area contributed by atoms with Crippen molar-refractivity contribution in [1.82, 2.24) is 15.2 Å². The Morgan fingerprint density at radius 2 is 1.91 bits per heavy atom. The number of thioether (sulfide) groups is 1. The van der Waals surface area contributed by atoms with Crippen LogP contribution in [0.3, 0.4) is 0 Å². The van der Waals surface area contributed by atoms with Gasteiger partial charge >= 0.3 is 11.9 Å². The number of H-pyrrole nitrogens is 1. The van der Waals surface area contributed by atoms with Crippen molar-refractivity contribution < 1.29 is 48.6 Å². The zero-order valence-electron chi connectivity index (χ0n) is 30.1. The number of aromatic hydroxyl groups is 2. The summed E-state index contributed by atoms with van der Waals surface area (Å²) in [5.74, 6) is 0.772. The van der Waals surface area contributed by atoms with Crippen molar-refractivity contribution >= 4 is 34.6 Å². The van der Waals surface area contributed by atoms with Crippen molar-refractivity contribution in [1.29, 1.82) is 0 Å². The number of carbonyl (C=O) groups excluding carboxylic acids is 2. The molecule has 8 aliphatic heterocycles. The van der Waals surface area contributed by atoms with Crippen LogP contribution in [-0.4, -0.2) is 88.3 Å². The number of aryl methyl sites for hydroxylation is 1. The number of benzene rings is 3. The van der Waals surface area contributed by atoms with Crippen LogP contribution in [0.1, 0.15) is 68.9 Å². The fraction of sp³-hybridized carbons (Fsp3) is 0.436. The second-order valence-corrected chi connectivity index (χ2v) is 16.2. The van der Waals surface area contributed by atoms with Gasteiger partial charge in [-0.25, -0.2) is 4.79 Å². The van der Waals surface area contributed by atoms with Crippen LogP contribution in [0.4, 0.5) is 0 Å². The molecular formula is C39H39N4O10S-. The molecule has 9 heterocycles. The first kappa shape index (κ1) is 33.9. The molecule has 1 aromatic heterocycles. The molecule has 0 aliphatic carbocycles. The van der Waals surface area contributed by atoms with Gasteiger partial charge in [-0.15, -0.1) is 18.3 Å². The third-order valence-electron chi connectivity index (χ3n) is 12.1. The number of aromatic nitrogens is 1. The topological polar surface area (TPSA) is 186 Å². The summed E-state index contributed by atoms with van der Waals surface area (Å²) in [6, 6.07) is 4.95. The minimum absolute atomic E-state index is 0.0276. The third kappa shape index (κ3) is 4.44. The van der Waals surface area contributed by atoms with Gasteiger partial charge in [-0.2, -0.15) is 0 Å². The molecular weight excluding hydrogens is 717 g/mol. The third-order valence-corrected chi connectivity index (χ3v) is 13.6. The van der Waals surface area contributed by atoms with Crippen molar-refractivity contribution in [2.45, 2.75) is 68.3 Å². The van der Waals surface area contributed by atoms with Crippen LogP contribution in [-0.2, 0) is 32.7 Å². The molecule has 2 unspecified atom stereocenters. The van der Waals surface area contributed by atoms with Crippen molar-refractivity contribution in [3.8, 4) is 34.5 Å². The Bertz CT molecular complexity index is 2330. The van der Waals surface area contributed by atoms with E-state index >= 15 is 0 Å². The molecule has 0 amide bonds. The number of fused-ring (bicyclic) bond motifs is 8. The highest BCUT2D eigenvalue weighted by molar-refractivity contribution is 7.99. The average molecular weight is 756 g/mol. The number of phenols is 2. The summed E-state index contributed by atoms with van der Waals surface area (Å²) in [5, 5.41) is 44.1. The van der Waals surface area contributed by atoms with Crippen LogP contribution in [0.25, 0.3) is 16.2 Å². The lowest BCUT2D eigenvalue weighted by atomic mass is 9.78. The molecule has 0 radical (unpaired) electrons. The first-order chi connectivity index (χ1) is 26.0. The van der Waals surface area contributed by atoms with Gasteiger partial charge in [-0.3, -0.25) is 15.0 Å². The predicted molar refractivity (Wildman–Crippen MR) is 196 cm³/mol. The first-order valence-corrected chi connectivity index (χ1v) is 19.1. The second-order valence-electron chi connectivity index (χ2n) is 15.1. The maximum Gasteiger partial charge on any atom is 0.333 e. The van der Waals surface area contributed by atoms with E-state index < -0.39 is 46.6 Å². The summed E-state index contributed by atoms with van der Waals surface area (Å²) in [6.07, 6.45) is 0.752. The lowest BCUT2D eigenvalue weighted by Gasteiger charge is -2.63. The number of phenolic OH excluding ortho intramolecular Hbond substituents is 2. The van der Waals surface area contributed by atoms with Crippen molar-refractivity contribution in [2.75, 3.05) is 39.4 Å². The van der Waals surface area contributed by atoms with Crippen molar-refractivity contribution in [3.63, 3.8) is 0 Å². The molecule has 2 fully saturated rings. The molecule has 4 bridgehead atoms. The van der Waals surface area contributed by atoms with Gasteiger partial charge in [0.05, 0.1) is 18.8 Å². The number of aliphatic hydroxyl groups is 1. The Labute approximate surface area is 314 Å². The molecule has 4 aromatic rings. The molecule has 8 aliphatic rings. The molecule has 282 valence electrons. The lowest BCUT2D eigenvalue weighted by molar-refractivity contribution is -0.178. The van der Waals surface area contributed by atoms with E-state index in [2.05, 4.69) is 10.3 Å². The van der Waals surface area contributed by atoms with Gasteiger partial charge < -0.3 is 49.3 Å². The molecule has 14 nitrogen and oxygen atoms in total. The van der Waals surface area contributed by atoms with E-state index in [4.69, 9.17) is 29.0 Å². The molecule has 1 spiro atoms. The highest BCUT2D eigenvalue weighted by Crippen LogP contribution is 2.66. The number of rotatable bonds is 2. The molecule has 5 N–H and O–H groups in total. The van der Waals surface area contributed by atoms with Crippen LogP contribution in [0.2, 0.25) is 0 Å². The Kier molecular flexibility index (Phi) is 7.32. The van der Waals surface area contributed by atoms with Crippen LogP contribution < -0.4 is 24.3 Å². The number of hydrogen-bond acceptors (Lipinski definition) is 13. The van der Waals surface area contributed by atoms with E-state index in [9.17, 15) is 24.9 Å². The zero-order valence-corrected chi connectivity index (χ0v) is 30.9. The Morgan fingerprint density at radius 1 is 1.09 bits per heavy atom. The highest BCUT2D eigenvalue weighted by Gasteiger charge is 2.60. The van der Waals surface area contributed by atoms with Gasteiger partial charge in [-0.05, 0) is 60.7 Å². The molecule has 7 atom stereocenters. The number of aromatic amines is 1. The van der Waals surface area contributed by atoms with E-state index in [1.807, 2.05) is 24.8 Å². The maximum atomic E-state index is 14.8. The fourth-order valence-corrected chi connectivity index (χ4v) is 11.7. The Morgan fingerprint density at radius 3 is 2.70 bits per heavy atom. The Balaban J connectivity index is 1.24. The summed E-state index contributed by atoms with van der Waals surface area (Å²) in [4.78, 5) is 33.1. The van der Waals surface area contributed by atoms with E-state index in [0.717, 1.165) is 27.6 Å². The number of ether oxygens (including phenoxy) is 5. The number of nitrogens with zero attached hydrogens (tertiary/aromatic N) is 2. The molecule has 12 rings (SSSR count). The monoisotopic (exact) mass is 755 g/mol. The van der Waals surface area contributed by atoms with E-state index in [-0.39, 0.29) is 43.6 Å². The molecule has 0 saturated carbocycles. The SMILES string of the molecule is COc1c(C)cc2c(c1O)[C@H]1[N-]C[C@@](O)(C2)N2C1[C@@H]1SC[C@]3(NCCc4c3[nH]c3ccc(O)cc43)C(=O)OC[C@H]2c2c3c(c(C)c(OC(C)=O)c21)OCO3. The normalized spacial score (nSPS) is 30.2. The second kappa shape index (κ2) is 11.7. The number of hydrogen-bond donors (Lipinski definition) is 5. The number of nitrogens with one attached hydrogen (secondary N) is 2. The molecule has 54 heavy (non-hydrogen) atoms. The summed E-state index contributed by atoms with van der Waals surface area (Å²) in [6.45, 7) is 5.26. The molecule has 2 saturated heterocycles. The van der Waals surface area contributed by atoms with Crippen LogP contribution in [0.15, 0.2) is 24.3 Å². The fourth-order valence-electron chi connectivity index (χ4n) is 10.0. The van der Waals surface area contributed by atoms with Crippen LogP contribution in [0, 0.1) is 13.8 Å². The van der Waals surface area contributed by atoms with Crippen LogP contribution in [0.5, 0.6) is 34.5 Å². The smallest absolute Gasteiger partial charge is 0.333 e. The molecule has 3 aromatic carbocycles. The standard InChI is InChI=1S/C39H39N4O10S/c1-16-9-19-11-38(48)13-40-28(25(19)30(46)31(16)49-4)29-35-27-26(34-33(51-15-52-34)17(2)32(27)53-18(3)44)24(43(29)38)12-50-37(47)39(14-54-35)36-21(7-8-41-39)22-10-20(45)5-6-23(22)42-36/h5-6,9-10,24,28-29,35,41-42,45-46,48H,7-8,11-15H2,1-4H3/q-1/t24-,28+,29?,35+,38-,39+/m0/s1. The minimum Gasteiger partial charge on any atom is -0.651 e. The van der Waals surface area contributed by atoms with E-state index in [0.29, 0.717) is 63.9 Å². The van der Waals surface area contributed by atoms with E-state index in [1.54, 1.807) is 18.2 Å². The quantitative estimate of drug-likeness (QED) is 0.144.